The number of hydrogen-bond acceptors (Lipinski definition) is 3. The molecule has 2 nitrogen and oxygen atoms in total. The van der Waals surface area contributed by atoms with Crippen LogP contribution in [0.15, 0.2) is 24.3 Å². The van der Waals surface area contributed by atoms with Crippen molar-refractivity contribution in [2.75, 3.05) is 11.5 Å². The Balaban J connectivity index is 2.02. The van der Waals surface area contributed by atoms with E-state index >= 15 is 0 Å². The zero-order valence-electron chi connectivity index (χ0n) is 8.82. The van der Waals surface area contributed by atoms with Crippen molar-refractivity contribution in [2.45, 2.75) is 25.4 Å². The Morgan fingerprint density at radius 1 is 1.20 bits per heavy atom. The lowest BCUT2D eigenvalue weighted by molar-refractivity contribution is 0.124. The molecule has 0 aliphatic carbocycles. The summed E-state index contributed by atoms with van der Waals surface area (Å²) in [6.07, 6.45) is 2.63. The molecule has 1 heterocycles. The van der Waals surface area contributed by atoms with Crippen molar-refractivity contribution < 1.29 is 4.84 Å². The molecule has 1 aliphatic rings. The van der Waals surface area contributed by atoms with Gasteiger partial charge in [-0.1, -0.05) is 24.3 Å². The van der Waals surface area contributed by atoms with Crippen LogP contribution in [0.2, 0.25) is 0 Å². The second-order valence-corrected chi connectivity index (χ2v) is 5.16. The highest BCUT2D eigenvalue weighted by Gasteiger charge is 2.15. The fraction of sp³-hybridized carbons (Fsp3) is 0.500. The monoisotopic (exact) mass is 223 g/mol. The van der Waals surface area contributed by atoms with Crippen LogP contribution in [-0.4, -0.2) is 11.5 Å². The second-order valence-electron chi connectivity index (χ2n) is 3.94. The van der Waals surface area contributed by atoms with E-state index in [1.165, 1.54) is 29.9 Å². The molecular formula is C12H17NOS. The molecule has 1 aromatic rings. The van der Waals surface area contributed by atoms with Gasteiger partial charge >= 0.3 is 0 Å². The van der Waals surface area contributed by atoms with Crippen LogP contribution in [0.1, 0.15) is 29.9 Å². The molecule has 0 amide bonds. The summed E-state index contributed by atoms with van der Waals surface area (Å²) in [5.74, 6) is 8.41. The Morgan fingerprint density at radius 2 is 1.87 bits per heavy atom. The zero-order chi connectivity index (χ0) is 10.5. The van der Waals surface area contributed by atoms with Gasteiger partial charge in [-0.05, 0) is 41.4 Å². The predicted molar refractivity (Wildman–Crippen MR) is 64.7 cm³/mol. The molecule has 1 aliphatic heterocycles. The van der Waals surface area contributed by atoms with Gasteiger partial charge in [0, 0.05) is 0 Å². The molecule has 0 radical (unpaired) electrons. The van der Waals surface area contributed by atoms with Crippen molar-refractivity contribution in [3.05, 3.63) is 35.4 Å². The third-order valence-corrected chi connectivity index (χ3v) is 3.97. The number of nitrogens with two attached hydrogens (primary N) is 1. The largest absolute Gasteiger partial charge is 0.300 e. The molecule has 2 N–H and O–H groups in total. The molecule has 0 saturated carbocycles. The topological polar surface area (TPSA) is 35.2 Å². The maximum absolute atomic E-state index is 5.04. The van der Waals surface area contributed by atoms with Gasteiger partial charge < -0.3 is 0 Å². The van der Waals surface area contributed by atoms with Gasteiger partial charge in [-0.25, -0.2) is 5.90 Å². The van der Waals surface area contributed by atoms with Gasteiger partial charge in [0.2, 0.25) is 0 Å². The molecule has 1 fully saturated rings. The normalized spacial score (nSPS) is 17.9. The van der Waals surface area contributed by atoms with Crippen LogP contribution >= 0.6 is 11.8 Å². The Bertz CT molecular complexity index is 293. The number of benzene rings is 1. The highest BCUT2D eigenvalue weighted by molar-refractivity contribution is 7.99. The first-order valence-corrected chi connectivity index (χ1v) is 6.54. The first kappa shape index (κ1) is 11.0. The SMILES string of the molecule is NOCc1ccc(C2CCSCC2)cc1. The Labute approximate surface area is 95.1 Å². The van der Waals surface area contributed by atoms with Gasteiger partial charge in [0.05, 0.1) is 6.61 Å². The van der Waals surface area contributed by atoms with Crippen LogP contribution < -0.4 is 5.90 Å². The highest BCUT2D eigenvalue weighted by atomic mass is 32.2. The third kappa shape index (κ3) is 2.97. The van der Waals surface area contributed by atoms with Crippen molar-refractivity contribution in [2.24, 2.45) is 5.90 Å². The fourth-order valence-electron chi connectivity index (χ4n) is 2.01. The van der Waals surface area contributed by atoms with E-state index in [1.807, 2.05) is 0 Å². The van der Waals surface area contributed by atoms with Crippen LogP contribution in [0, 0.1) is 0 Å². The van der Waals surface area contributed by atoms with Crippen molar-refractivity contribution in [3.63, 3.8) is 0 Å². The third-order valence-electron chi connectivity index (χ3n) is 2.92. The molecule has 0 atom stereocenters. The van der Waals surface area contributed by atoms with Gasteiger partial charge in [0.15, 0.2) is 0 Å². The summed E-state index contributed by atoms with van der Waals surface area (Å²) in [6.45, 7) is 0.501. The minimum absolute atomic E-state index is 0.501. The maximum atomic E-state index is 5.04. The quantitative estimate of drug-likeness (QED) is 0.800. The van der Waals surface area contributed by atoms with Crippen LogP contribution in [0.4, 0.5) is 0 Å². The highest BCUT2D eigenvalue weighted by Crippen LogP contribution is 2.31. The molecule has 1 aromatic carbocycles. The van der Waals surface area contributed by atoms with E-state index in [1.54, 1.807) is 0 Å². The molecule has 3 heteroatoms. The lowest BCUT2D eigenvalue weighted by Crippen LogP contribution is -2.07. The molecule has 1 saturated heterocycles. The summed E-state index contributed by atoms with van der Waals surface area (Å²) in [5.41, 5.74) is 2.61. The van der Waals surface area contributed by atoms with Crippen molar-refractivity contribution >= 4 is 11.8 Å². The number of hydrogen-bond donors (Lipinski definition) is 1. The standard InChI is InChI=1S/C12H17NOS/c13-14-9-10-1-3-11(4-2-10)12-5-7-15-8-6-12/h1-4,12H,5-9,13H2. The molecule has 0 aromatic heterocycles. The molecule has 15 heavy (non-hydrogen) atoms. The van der Waals surface area contributed by atoms with Crippen molar-refractivity contribution in [1.82, 2.24) is 0 Å². The smallest absolute Gasteiger partial charge is 0.0930 e. The van der Waals surface area contributed by atoms with E-state index in [2.05, 4.69) is 40.9 Å². The van der Waals surface area contributed by atoms with Crippen LogP contribution in [0.5, 0.6) is 0 Å². The second kappa shape index (κ2) is 5.54. The van der Waals surface area contributed by atoms with E-state index in [4.69, 9.17) is 5.90 Å². The molecule has 0 spiro atoms. The minimum atomic E-state index is 0.501. The van der Waals surface area contributed by atoms with Gasteiger partial charge in [-0.15, -0.1) is 0 Å². The number of thioether (sulfide) groups is 1. The van der Waals surface area contributed by atoms with Crippen LogP contribution in [0.3, 0.4) is 0 Å². The van der Waals surface area contributed by atoms with Gasteiger partial charge in [0.25, 0.3) is 0 Å². The fourth-order valence-corrected chi connectivity index (χ4v) is 3.12. The Hall–Kier alpha value is -0.510. The van der Waals surface area contributed by atoms with Gasteiger partial charge in [0.1, 0.15) is 0 Å². The summed E-state index contributed by atoms with van der Waals surface area (Å²) in [7, 11) is 0. The summed E-state index contributed by atoms with van der Waals surface area (Å²) in [6, 6.07) is 8.66. The van der Waals surface area contributed by atoms with Gasteiger partial charge in [-0.3, -0.25) is 4.84 Å². The van der Waals surface area contributed by atoms with E-state index in [0.29, 0.717) is 6.61 Å². The molecule has 2 rings (SSSR count). The molecule has 0 unspecified atom stereocenters. The molecule has 82 valence electrons. The van der Waals surface area contributed by atoms with E-state index in [0.717, 1.165) is 11.5 Å². The first-order chi connectivity index (χ1) is 7.40. The molecule has 0 bridgehead atoms. The average Bonchev–Trinajstić information content (AvgIpc) is 2.32. The lowest BCUT2D eigenvalue weighted by Gasteiger charge is -2.21. The Kier molecular flexibility index (Phi) is 4.06. The Morgan fingerprint density at radius 3 is 2.47 bits per heavy atom. The average molecular weight is 223 g/mol. The van der Waals surface area contributed by atoms with Crippen molar-refractivity contribution in [1.29, 1.82) is 0 Å². The van der Waals surface area contributed by atoms with Crippen molar-refractivity contribution in [3.8, 4) is 0 Å². The van der Waals surface area contributed by atoms with Crippen LogP contribution in [0.25, 0.3) is 0 Å². The van der Waals surface area contributed by atoms with E-state index < -0.39 is 0 Å². The minimum Gasteiger partial charge on any atom is -0.300 e. The summed E-state index contributed by atoms with van der Waals surface area (Å²) in [5, 5.41) is 0. The van der Waals surface area contributed by atoms with Gasteiger partial charge in [-0.2, -0.15) is 11.8 Å². The maximum Gasteiger partial charge on any atom is 0.0930 e. The number of rotatable bonds is 3. The predicted octanol–water partition coefficient (Wildman–Crippen LogP) is 2.69. The first-order valence-electron chi connectivity index (χ1n) is 5.38. The van der Waals surface area contributed by atoms with E-state index in [-0.39, 0.29) is 0 Å². The summed E-state index contributed by atoms with van der Waals surface area (Å²) < 4.78 is 0. The van der Waals surface area contributed by atoms with Crippen LogP contribution in [-0.2, 0) is 11.4 Å². The van der Waals surface area contributed by atoms with E-state index in [9.17, 15) is 0 Å². The molecular weight excluding hydrogens is 206 g/mol. The lowest BCUT2D eigenvalue weighted by atomic mass is 9.93. The zero-order valence-corrected chi connectivity index (χ0v) is 9.63. The summed E-state index contributed by atoms with van der Waals surface area (Å²) >= 11 is 2.07. The summed E-state index contributed by atoms with van der Waals surface area (Å²) in [4.78, 5) is 4.61.